The fourth-order valence-corrected chi connectivity index (χ4v) is 3.30. The van der Waals surface area contributed by atoms with E-state index in [1.54, 1.807) is 32.9 Å². The number of phenolic OH excluding ortho intramolecular Hbond substituents is 1. The van der Waals surface area contributed by atoms with Crippen molar-refractivity contribution >= 4 is 23.8 Å². The molecule has 0 radical (unpaired) electrons. The van der Waals surface area contributed by atoms with Crippen molar-refractivity contribution in [1.29, 1.82) is 0 Å². The molecule has 0 saturated carbocycles. The van der Waals surface area contributed by atoms with Crippen LogP contribution in [0.25, 0.3) is 0 Å². The molecule has 10 nitrogen and oxygen atoms in total. The second-order valence-corrected chi connectivity index (χ2v) is 9.15. The Kier molecular flexibility index (Phi) is 11.3. The van der Waals surface area contributed by atoms with E-state index in [1.807, 2.05) is 6.92 Å². The van der Waals surface area contributed by atoms with Crippen LogP contribution in [0.1, 0.15) is 71.4 Å². The smallest absolute Gasteiger partial charge is 0.408 e. The van der Waals surface area contributed by atoms with Gasteiger partial charge in [-0.1, -0.05) is 31.9 Å². The maximum Gasteiger partial charge on any atom is 0.408 e. The Balaban J connectivity index is 3.18. The van der Waals surface area contributed by atoms with Crippen LogP contribution in [0.5, 0.6) is 5.75 Å². The summed E-state index contributed by atoms with van der Waals surface area (Å²) in [7, 11) is 1.43. The molecule has 0 heterocycles. The van der Waals surface area contributed by atoms with Crippen molar-refractivity contribution in [2.75, 3.05) is 13.6 Å². The molecule has 0 aromatic heterocycles. The van der Waals surface area contributed by atoms with Gasteiger partial charge in [-0.15, -0.1) is 0 Å². The van der Waals surface area contributed by atoms with Crippen LogP contribution in [0.3, 0.4) is 0 Å². The van der Waals surface area contributed by atoms with Gasteiger partial charge in [-0.3, -0.25) is 14.4 Å². The van der Waals surface area contributed by atoms with Gasteiger partial charge in [0.1, 0.15) is 23.4 Å². The number of carbonyl (C=O) groups excluding carboxylic acids is 4. The third-order valence-corrected chi connectivity index (χ3v) is 4.92. The van der Waals surface area contributed by atoms with E-state index in [1.165, 1.54) is 24.1 Å². The molecule has 34 heavy (non-hydrogen) atoms. The zero-order valence-electron chi connectivity index (χ0n) is 20.7. The van der Waals surface area contributed by atoms with Crippen molar-refractivity contribution in [1.82, 2.24) is 15.5 Å². The summed E-state index contributed by atoms with van der Waals surface area (Å²) in [6.07, 6.45) is 1.67. The molecule has 0 bridgehead atoms. The minimum atomic E-state index is -1.15. The molecule has 1 aromatic rings. The summed E-state index contributed by atoms with van der Waals surface area (Å²) in [6, 6.07) is 3.84. The van der Waals surface area contributed by atoms with Gasteiger partial charge in [-0.25, -0.2) is 4.79 Å². The predicted molar refractivity (Wildman–Crippen MR) is 128 cm³/mol. The Morgan fingerprint density at radius 1 is 1.18 bits per heavy atom. The van der Waals surface area contributed by atoms with E-state index >= 15 is 0 Å². The number of nitrogens with two attached hydrogens (primary N) is 1. The van der Waals surface area contributed by atoms with Crippen molar-refractivity contribution < 1.29 is 29.0 Å². The maximum atomic E-state index is 13.4. The first kappa shape index (κ1) is 28.7. The average Bonchev–Trinajstić information content (AvgIpc) is 2.72. The van der Waals surface area contributed by atoms with E-state index in [-0.39, 0.29) is 18.6 Å². The summed E-state index contributed by atoms with van der Waals surface area (Å²) in [5, 5.41) is 15.2. The van der Waals surface area contributed by atoms with Crippen molar-refractivity contribution in [3.8, 4) is 5.75 Å². The van der Waals surface area contributed by atoms with Crippen LogP contribution in [-0.2, 0) is 19.1 Å². The number of amides is 4. The number of benzene rings is 1. The topological polar surface area (TPSA) is 151 Å². The molecule has 5 N–H and O–H groups in total. The fourth-order valence-electron chi connectivity index (χ4n) is 3.30. The summed E-state index contributed by atoms with van der Waals surface area (Å²) < 4.78 is 5.24. The lowest BCUT2D eigenvalue weighted by Crippen LogP contribution is -2.52. The van der Waals surface area contributed by atoms with E-state index in [9.17, 15) is 24.3 Å². The highest BCUT2D eigenvalue weighted by Gasteiger charge is 2.34. The average molecular weight is 479 g/mol. The first-order chi connectivity index (χ1) is 15.9. The number of aromatic hydroxyl groups is 1. The van der Waals surface area contributed by atoms with Crippen molar-refractivity contribution in [2.24, 2.45) is 5.73 Å². The number of unbranched alkanes of at least 4 members (excludes halogenated alkanes) is 2. The Hall–Kier alpha value is -3.30. The normalized spacial score (nSPS) is 12.9. The summed E-state index contributed by atoms with van der Waals surface area (Å²) in [5.41, 5.74) is 4.85. The molecular weight excluding hydrogens is 440 g/mol. The molecular formula is C24H38N4O6. The molecule has 10 heteroatoms. The van der Waals surface area contributed by atoms with Gasteiger partial charge >= 0.3 is 6.09 Å². The Bertz CT molecular complexity index is 852. The Labute approximate surface area is 201 Å². The lowest BCUT2D eigenvalue weighted by Gasteiger charge is -2.31. The number of nitrogens with one attached hydrogen (secondary N) is 2. The van der Waals surface area contributed by atoms with Crippen LogP contribution in [0.2, 0.25) is 0 Å². The lowest BCUT2D eigenvalue weighted by molar-refractivity contribution is -0.141. The van der Waals surface area contributed by atoms with Gasteiger partial charge in [0.2, 0.25) is 17.7 Å². The third kappa shape index (κ3) is 10.1. The number of alkyl carbamates (subject to hydrolysis) is 1. The molecule has 2 atom stereocenters. The highest BCUT2D eigenvalue weighted by atomic mass is 16.6. The number of rotatable bonds is 12. The van der Waals surface area contributed by atoms with E-state index in [2.05, 4.69) is 10.6 Å². The first-order valence-corrected chi connectivity index (χ1v) is 11.5. The zero-order valence-corrected chi connectivity index (χ0v) is 20.7. The summed E-state index contributed by atoms with van der Waals surface area (Å²) in [6.45, 7) is 7.53. The predicted octanol–water partition coefficient (Wildman–Crippen LogP) is 2.36. The quantitative estimate of drug-likeness (QED) is 0.339. The highest BCUT2D eigenvalue weighted by molar-refractivity contribution is 5.92. The van der Waals surface area contributed by atoms with E-state index in [0.29, 0.717) is 12.1 Å². The number of likely N-dealkylation sites (N-methyl/N-ethyl adjacent to an activating group) is 1. The maximum absolute atomic E-state index is 13.4. The van der Waals surface area contributed by atoms with Crippen LogP contribution < -0.4 is 16.4 Å². The minimum Gasteiger partial charge on any atom is -0.508 e. The molecule has 0 saturated heterocycles. The minimum absolute atomic E-state index is 0.0562. The molecule has 0 spiro atoms. The summed E-state index contributed by atoms with van der Waals surface area (Å²) in [4.78, 5) is 51.3. The number of phenols is 1. The number of hydrogen-bond donors (Lipinski definition) is 4. The molecule has 0 fully saturated rings. The van der Waals surface area contributed by atoms with Crippen molar-refractivity contribution in [3.63, 3.8) is 0 Å². The molecule has 190 valence electrons. The van der Waals surface area contributed by atoms with Gasteiger partial charge in [0, 0.05) is 20.0 Å². The first-order valence-electron chi connectivity index (χ1n) is 11.5. The number of carbonyl (C=O) groups is 4. The molecule has 2 unspecified atom stereocenters. The van der Waals surface area contributed by atoms with Crippen molar-refractivity contribution in [3.05, 3.63) is 29.8 Å². The summed E-state index contributed by atoms with van der Waals surface area (Å²) >= 11 is 0. The standard InChI is InChI=1S/C24H38N4O6/c1-6-7-8-14-26-21(31)20(16-10-9-11-17(29)15-16)28(5)22(32)18(12-13-19(25)30)27-23(33)34-24(2,3)4/h9-11,15,18,20,29H,6-8,12-14H2,1-5H3,(H2,25,30)(H,26,31)(H,27,33). The Morgan fingerprint density at radius 2 is 1.85 bits per heavy atom. The number of nitrogens with zero attached hydrogens (tertiary/aromatic N) is 1. The molecule has 4 amide bonds. The zero-order chi connectivity index (χ0) is 25.9. The third-order valence-electron chi connectivity index (χ3n) is 4.92. The SMILES string of the molecule is CCCCCNC(=O)C(c1cccc(O)c1)N(C)C(=O)C(CCC(N)=O)NC(=O)OC(C)(C)C. The van der Waals surface area contributed by atoms with Crippen LogP contribution in [0.4, 0.5) is 4.79 Å². The molecule has 0 aliphatic carbocycles. The number of ether oxygens (including phenoxy) is 1. The molecule has 1 rings (SSSR count). The highest BCUT2D eigenvalue weighted by Crippen LogP contribution is 2.24. The largest absolute Gasteiger partial charge is 0.508 e. The molecule has 1 aromatic carbocycles. The number of primary amides is 1. The van der Waals surface area contributed by atoms with Gasteiger partial charge in [0.05, 0.1) is 0 Å². The second-order valence-electron chi connectivity index (χ2n) is 9.15. The van der Waals surface area contributed by atoms with E-state index in [0.717, 1.165) is 19.3 Å². The number of hydrogen-bond acceptors (Lipinski definition) is 6. The van der Waals surface area contributed by atoms with Gasteiger partial charge in [-0.05, 0) is 51.3 Å². The lowest BCUT2D eigenvalue weighted by atomic mass is 10.0. The molecule has 0 aliphatic rings. The van der Waals surface area contributed by atoms with Gasteiger partial charge in [0.25, 0.3) is 0 Å². The van der Waals surface area contributed by atoms with Gasteiger partial charge in [0.15, 0.2) is 0 Å². The van der Waals surface area contributed by atoms with E-state index < -0.39 is 41.5 Å². The van der Waals surface area contributed by atoms with Crippen LogP contribution in [0, 0.1) is 0 Å². The molecule has 0 aliphatic heterocycles. The van der Waals surface area contributed by atoms with Gasteiger partial charge in [-0.2, -0.15) is 0 Å². The van der Waals surface area contributed by atoms with Crippen LogP contribution >= 0.6 is 0 Å². The second kappa shape index (κ2) is 13.4. The van der Waals surface area contributed by atoms with Gasteiger partial charge < -0.3 is 31.1 Å². The Morgan fingerprint density at radius 3 is 2.41 bits per heavy atom. The van der Waals surface area contributed by atoms with Crippen LogP contribution in [0.15, 0.2) is 24.3 Å². The van der Waals surface area contributed by atoms with Crippen molar-refractivity contribution in [2.45, 2.75) is 77.5 Å². The monoisotopic (exact) mass is 478 g/mol. The fraction of sp³-hybridized carbons (Fsp3) is 0.583. The van der Waals surface area contributed by atoms with E-state index in [4.69, 9.17) is 10.5 Å². The summed E-state index contributed by atoms with van der Waals surface area (Å²) in [5.74, 6) is -1.73. The van der Waals surface area contributed by atoms with Crippen LogP contribution in [-0.4, -0.2) is 59.1 Å².